The van der Waals surface area contributed by atoms with Gasteiger partial charge in [-0.2, -0.15) is 0 Å². The standard InChI is InChI=1S/C22H23N3O5/c1-14-2-4-15(5-3-14)11-24-21(27)19-20(26)17-10-16(13-25-6-8-29-9-7-25)23-12-18(17)30-22(19)28/h2-5,10,12,26H,6-9,11,13H2,1H3,(H,24,27). The van der Waals surface area contributed by atoms with Crippen molar-refractivity contribution in [1.82, 2.24) is 15.2 Å². The van der Waals surface area contributed by atoms with Crippen molar-refractivity contribution in [3.8, 4) is 5.75 Å². The van der Waals surface area contributed by atoms with Crippen molar-refractivity contribution in [3.05, 3.63) is 69.3 Å². The van der Waals surface area contributed by atoms with Crippen LogP contribution in [0.15, 0.2) is 45.7 Å². The molecule has 0 bridgehead atoms. The van der Waals surface area contributed by atoms with Gasteiger partial charge < -0.3 is 19.6 Å². The van der Waals surface area contributed by atoms with Crippen molar-refractivity contribution in [3.63, 3.8) is 0 Å². The number of nitrogens with zero attached hydrogens (tertiary/aromatic N) is 2. The molecule has 1 amide bonds. The highest BCUT2D eigenvalue weighted by molar-refractivity contribution is 6.01. The summed E-state index contributed by atoms with van der Waals surface area (Å²) >= 11 is 0. The Balaban J connectivity index is 1.58. The number of hydrogen-bond donors (Lipinski definition) is 2. The second kappa shape index (κ2) is 8.64. The topological polar surface area (TPSA) is 105 Å². The van der Waals surface area contributed by atoms with E-state index in [1.54, 1.807) is 6.07 Å². The maximum atomic E-state index is 12.6. The summed E-state index contributed by atoms with van der Waals surface area (Å²) in [6.45, 7) is 5.70. The smallest absolute Gasteiger partial charge is 0.353 e. The van der Waals surface area contributed by atoms with E-state index in [0.717, 1.165) is 24.2 Å². The fourth-order valence-corrected chi connectivity index (χ4v) is 3.39. The quantitative estimate of drug-likeness (QED) is 0.664. The number of morpholine rings is 1. The maximum Gasteiger partial charge on any atom is 0.353 e. The molecule has 0 saturated carbocycles. The molecule has 3 aromatic rings. The second-order valence-electron chi connectivity index (χ2n) is 7.34. The SMILES string of the molecule is Cc1ccc(CNC(=O)c2c(O)c3cc(CN4CCOCC4)ncc3oc2=O)cc1. The maximum absolute atomic E-state index is 12.6. The summed E-state index contributed by atoms with van der Waals surface area (Å²) in [7, 11) is 0. The molecule has 2 aromatic heterocycles. The van der Waals surface area contributed by atoms with E-state index >= 15 is 0 Å². The van der Waals surface area contributed by atoms with Crippen LogP contribution in [-0.2, 0) is 17.8 Å². The molecule has 0 spiro atoms. The number of aromatic hydroxyl groups is 1. The minimum atomic E-state index is -0.899. The van der Waals surface area contributed by atoms with E-state index in [2.05, 4.69) is 15.2 Å². The van der Waals surface area contributed by atoms with Crippen LogP contribution in [0.25, 0.3) is 11.0 Å². The molecule has 3 heterocycles. The lowest BCUT2D eigenvalue weighted by atomic mass is 10.1. The molecule has 0 unspecified atom stereocenters. The van der Waals surface area contributed by atoms with E-state index in [-0.39, 0.29) is 17.5 Å². The molecule has 1 aliphatic rings. The van der Waals surface area contributed by atoms with E-state index in [4.69, 9.17) is 9.15 Å². The summed E-state index contributed by atoms with van der Waals surface area (Å²) in [4.78, 5) is 31.4. The number of rotatable bonds is 5. The largest absolute Gasteiger partial charge is 0.506 e. The minimum absolute atomic E-state index is 0.137. The number of carbonyl (C=O) groups is 1. The van der Waals surface area contributed by atoms with E-state index < -0.39 is 22.8 Å². The Morgan fingerprint density at radius 1 is 1.23 bits per heavy atom. The molecule has 1 aliphatic heterocycles. The lowest BCUT2D eigenvalue weighted by molar-refractivity contribution is 0.0336. The van der Waals surface area contributed by atoms with Crippen molar-refractivity contribution in [2.24, 2.45) is 0 Å². The van der Waals surface area contributed by atoms with E-state index in [1.165, 1.54) is 6.20 Å². The first-order chi connectivity index (χ1) is 14.5. The highest BCUT2D eigenvalue weighted by atomic mass is 16.5. The van der Waals surface area contributed by atoms with Gasteiger partial charge in [-0.1, -0.05) is 29.8 Å². The summed E-state index contributed by atoms with van der Waals surface area (Å²) < 4.78 is 10.6. The second-order valence-corrected chi connectivity index (χ2v) is 7.34. The number of hydrogen-bond acceptors (Lipinski definition) is 7. The molecule has 8 nitrogen and oxygen atoms in total. The summed E-state index contributed by atoms with van der Waals surface area (Å²) in [6.07, 6.45) is 1.40. The zero-order chi connectivity index (χ0) is 21.1. The molecule has 1 aromatic carbocycles. The zero-order valence-electron chi connectivity index (χ0n) is 16.7. The van der Waals surface area contributed by atoms with Gasteiger partial charge in [-0.15, -0.1) is 0 Å². The summed E-state index contributed by atoms with van der Waals surface area (Å²) in [5.41, 5.74) is 1.54. The van der Waals surface area contributed by atoms with Crippen LogP contribution >= 0.6 is 0 Å². The lowest BCUT2D eigenvalue weighted by Crippen LogP contribution is -2.35. The highest BCUT2D eigenvalue weighted by Crippen LogP contribution is 2.27. The van der Waals surface area contributed by atoms with Crippen molar-refractivity contribution in [2.45, 2.75) is 20.0 Å². The molecular formula is C22H23N3O5. The monoisotopic (exact) mass is 409 g/mol. The van der Waals surface area contributed by atoms with Crippen molar-refractivity contribution in [1.29, 1.82) is 0 Å². The van der Waals surface area contributed by atoms with Gasteiger partial charge in [-0.3, -0.25) is 14.7 Å². The third-order valence-corrected chi connectivity index (χ3v) is 5.11. The van der Waals surface area contributed by atoms with Crippen LogP contribution in [0, 0.1) is 6.92 Å². The molecule has 8 heteroatoms. The Kier molecular flexibility index (Phi) is 5.78. The summed E-state index contributed by atoms with van der Waals surface area (Å²) in [6, 6.07) is 9.31. The molecule has 2 N–H and O–H groups in total. The first-order valence-electron chi connectivity index (χ1n) is 9.80. The van der Waals surface area contributed by atoms with Gasteiger partial charge in [-0.25, -0.2) is 4.79 Å². The van der Waals surface area contributed by atoms with Gasteiger partial charge >= 0.3 is 5.63 Å². The van der Waals surface area contributed by atoms with Crippen LogP contribution in [-0.4, -0.2) is 47.2 Å². The average Bonchev–Trinajstić information content (AvgIpc) is 2.74. The van der Waals surface area contributed by atoms with Gasteiger partial charge in [0.1, 0.15) is 5.75 Å². The predicted octanol–water partition coefficient (Wildman–Crippen LogP) is 1.96. The Hall–Kier alpha value is -3.23. The van der Waals surface area contributed by atoms with Gasteiger partial charge in [0.05, 0.1) is 30.5 Å². The van der Waals surface area contributed by atoms with Gasteiger partial charge in [-0.05, 0) is 18.6 Å². The van der Waals surface area contributed by atoms with Crippen LogP contribution in [0.1, 0.15) is 27.2 Å². The molecular weight excluding hydrogens is 386 g/mol. The van der Waals surface area contributed by atoms with Gasteiger partial charge in [0, 0.05) is 26.2 Å². The molecule has 4 rings (SSSR count). The van der Waals surface area contributed by atoms with E-state index in [1.807, 2.05) is 31.2 Å². The van der Waals surface area contributed by atoms with Gasteiger partial charge in [0.15, 0.2) is 11.1 Å². The van der Waals surface area contributed by atoms with Crippen molar-refractivity contribution < 1.29 is 19.1 Å². The number of pyridine rings is 1. The number of amides is 1. The molecule has 0 aliphatic carbocycles. The normalized spacial score (nSPS) is 14.7. The number of fused-ring (bicyclic) bond motifs is 1. The van der Waals surface area contributed by atoms with Crippen LogP contribution < -0.4 is 10.9 Å². The number of ether oxygens (including phenoxy) is 1. The summed E-state index contributed by atoms with van der Waals surface area (Å²) in [5, 5.41) is 13.6. The lowest BCUT2D eigenvalue weighted by Gasteiger charge is -2.26. The van der Waals surface area contributed by atoms with Crippen LogP contribution in [0.2, 0.25) is 0 Å². The fraction of sp³-hybridized carbons (Fsp3) is 0.318. The number of carbonyl (C=O) groups excluding carboxylic acids is 1. The fourth-order valence-electron chi connectivity index (χ4n) is 3.39. The first kappa shape index (κ1) is 20.1. The summed E-state index contributed by atoms with van der Waals surface area (Å²) in [5.74, 6) is -1.08. The number of aryl methyl sites for hydroxylation is 1. The third-order valence-electron chi connectivity index (χ3n) is 5.11. The van der Waals surface area contributed by atoms with Gasteiger partial charge in [0.25, 0.3) is 5.91 Å². The Labute approximate surface area is 173 Å². The number of benzene rings is 1. The van der Waals surface area contributed by atoms with Crippen LogP contribution in [0.5, 0.6) is 5.75 Å². The first-order valence-corrected chi connectivity index (χ1v) is 9.80. The molecule has 30 heavy (non-hydrogen) atoms. The van der Waals surface area contributed by atoms with Crippen LogP contribution in [0.3, 0.4) is 0 Å². The molecule has 1 saturated heterocycles. The molecule has 0 radical (unpaired) electrons. The Morgan fingerprint density at radius 2 is 1.97 bits per heavy atom. The molecule has 0 atom stereocenters. The minimum Gasteiger partial charge on any atom is -0.506 e. The van der Waals surface area contributed by atoms with Crippen molar-refractivity contribution >= 4 is 16.9 Å². The van der Waals surface area contributed by atoms with Crippen LogP contribution in [0.4, 0.5) is 0 Å². The average molecular weight is 409 g/mol. The van der Waals surface area contributed by atoms with E-state index in [9.17, 15) is 14.7 Å². The Bertz CT molecular complexity index is 1120. The predicted molar refractivity (Wildman–Crippen MR) is 110 cm³/mol. The molecule has 156 valence electrons. The highest BCUT2D eigenvalue weighted by Gasteiger charge is 2.22. The third kappa shape index (κ3) is 4.34. The Morgan fingerprint density at radius 3 is 2.70 bits per heavy atom. The number of nitrogens with one attached hydrogen (secondary N) is 1. The van der Waals surface area contributed by atoms with E-state index in [0.29, 0.717) is 25.5 Å². The molecule has 1 fully saturated rings. The van der Waals surface area contributed by atoms with Gasteiger partial charge in [0.2, 0.25) is 0 Å². The van der Waals surface area contributed by atoms with Crippen molar-refractivity contribution in [2.75, 3.05) is 26.3 Å². The number of aromatic nitrogens is 1. The zero-order valence-corrected chi connectivity index (χ0v) is 16.7.